The molecular weight excluding hydrogens is 232 g/mol. The van der Waals surface area contributed by atoms with Gasteiger partial charge in [-0.05, 0) is 62.7 Å². The highest BCUT2D eigenvalue weighted by atomic mass is 16.1. The van der Waals surface area contributed by atoms with E-state index in [-0.39, 0.29) is 0 Å². The Bertz CT molecular complexity index is 278. The van der Waals surface area contributed by atoms with E-state index in [1.165, 1.54) is 44.9 Å². The van der Waals surface area contributed by atoms with E-state index < -0.39 is 0 Å². The smallest absolute Gasteiger partial charge is 0.139 e. The number of hydrogen-bond donors (Lipinski definition) is 0. The molecule has 0 aromatic carbocycles. The summed E-state index contributed by atoms with van der Waals surface area (Å²) in [6.45, 7) is 6.93. The number of carbonyl (C=O) groups excluding carboxylic acids is 1. The highest BCUT2D eigenvalue weighted by molar-refractivity contribution is 5.83. The third-order valence-electron chi connectivity index (χ3n) is 5.53. The van der Waals surface area contributed by atoms with E-state index in [0.29, 0.717) is 17.6 Å². The molecule has 0 N–H and O–H groups in total. The predicted molar refractivity (Wildman–Crippen MR) is 81.0 cm³/mol. The van der Waals surface area contributed by atoms with Gasteiger partial charge in [-0.3, -0.25) is 4.79 Å². The molecule has 2 aliphatic rings. The summed E-state index contributed by atoms with van der Waals surface area (Å²) in [6, 6.07) is 0. The van der Waals surface area contributed by atoms with Gasteiger partial charge < -0.3 is 0 Å². The van der Waals surface area contributed by atoms with Crippen molar-refractivity contribution < 1.29 is 4.79 Å². The minimum absolute atomic E-state index is 0.395. The van der Waals surface area contributed by atoms with E-state index in [1.807, 2.05) is 0 Å². The monoisotopic (exact) mass is 264 g/mol. The van der Waals surface area contributed by atoms with Crippen LogP contribution in [-0.2, 0) is 4.79 Å². The fourth-order valence-corrected chi connectivity index (χ4v) is 4.66. The Kier molecular flexibility index (Phi) is 5.47. The minimum Gasteiger partial charge on any atom is -0.299 e. The van der Waals surface area contributed by atoms with Gasteiger partial charge in [0.2, 0.25) is 0 Å². The van der Waals surface area contributed by atoms with E-state index in [2.05, 4.69) is 20.8 Å². The van der Waals surface area contributed by atoms with Crippen molar-refractivity contribution in [3.05, 3.63) is 0 Å². The average molecular weight is 264 g/mol. The molecule has 0 amide bonds. The van der Waals surface area contributed by atoms with Crippen LogP contribution in [0.15, 0.2) is 0 Å². The molecule has 110 valence electrons. The summed E-state index contributed by atoms with van der Waals surface area (Å²) in [4.78, 5) is 12.7. The zero-order valence-corrected chi connectivity index (χ0v) is 13.2. The molecule has 0 aromatic heterocycles. The van der Waals surface area contributed by atoms with Crippen LogP contribution in [0.4, 0.5) is 0 Å². The Labute approximate surface area is 119 Å². The van der Waals surface area contributed by atoms with Crippen molar-refractivity contribution in [3.8, 4) is 0 Å². The maximum Gasteiger partial charge on any atom is 0.139 e. The fourth-order valence-electron chi connectivity index (χ4n) is 4.66. The molecule has 2 saturated carbocycles. The topological polar surface area (TPSA) is 17.1 Å². The summed E-state index contributed by atoms with van der Waals surface area (Å²) in [7, 11) is 0. The van der Waals surface area contributed by atoms with Crippen molar-refractivity contribution in [1.82, 2.24) is 0 Å². The lowest BCUT2D eigenvalue weighted by molar-refractivity contribution is -0.130. The third kappa shape index (κ3) is 4.07. The molecule has 0 saturated heterocycles. The molecule has 2 rings (SSSR count). The van der Waals surface area contributed by atoms with Crippen LogP contribution < -0.4 is 0 Å². The molecule has 0 bridgehead atoms. The van der Waals surface area contributed by atoms with Crippen molar-refractivity contribution in [3.63, 3.8) is 0 Å². The van der Waals surface area contributed by atoms with Crippen LogP contribution >= 0.6 is 0 Å². The standard InChI is InChI=1S/C18H32O/c1-4-5-15-6-8-16(9-7-15)18(19)17-11-13(2)10-14(3)12-17/h13-17H,4-12H2,1-3H3. The fraction of sp³-hybridized carbons (Fsp3) is 0.944. The highest BCUT2D eigenvalue weighted by Crippen LogP contribution is 2.39. The van der Waals surface area contributed by atoms with Gasteiger partial charge in [0.25, 0.3) is 0 Å². The number of Topliss-reactive ketones (excluding diaryl/α,β-unsaturated/α-hetero) is 1. The first-order valence-corrected chi connectivity index (χ1v) is 8.63. The lowest BCUT2D eigenvalue weighted by Crippen LogP contribution is -2.32. The molecule has 1 heteroatoms. The molecule has 0 aliphatic heterocycles. The summed E-state index contributed by atoms with van der Waals surface area (Å²) in [6.07, 6.45) is 11.3. The lowest BCUT2D eigenvalue weighted by Gasteiger charge is -2.35. The van der Waals surface area contributed by atoms with Crippen molar-refractivity contribution >= 4 is 5.78 Å². The highest BCUT2D eigenvalue weighted by Gasteiger charge is 2.34. The summed E-state index contributed by atoms with van der Waals surface area (Å²) in [5, 5.41) is 0. The first kappa shape index (κ1) is 15.1. The maximum atomic E-state index is 12.7. The van der Waals surface area contributed by atoms with Crippen LogP contribution in [0.3, 0.4) is 0 Å². The van der Waals surface area contributed by atoms with E-state index in [0.717, 1.165) is 30.6 Å². The molecule has 2 atom stereocenters. The summed E-state index contributed by atoms with van der Waals surface area (Å²) >= 11 is 0. The van der Waals surface area contributed by atoms with Crippen molar-refractivity contribution in [2.75, 3.05) is 0 Å². The summed E-state index contributed by atoms with van der Waals surface area (Å²) in [5.74, 6) is 3.87. The first-order chi connectivity index (χ1) is 9.10. The molecule has 0 aromatic rings. The SMILES string of the molecule is CCCC1CCC(C(=O)C2CC(C)CC(C)C2)CC1. The zero-order valence-electron chi connectivity index (χ0n) is 13.2. The van der Waals surface area contributed by atoms with Gasteiger partial charge in [-0.25, -0.2) is 0 Å². The molecular formula is C18H32O. The number of hydrogen-bond acceptors (Lipinski definition) is 1. The van der Waals surface area contributed by atoms with Gasteiger partial charge in [-0.15, -0.1) is 0 Å². The maximum absolute atomic E-state index is 12.7. The van der Waals surface area contributed by atoms with Gasteiger partial charge in [0.1, 0.15) is 5.78 Å². The molecule has 2 fully saturated rings. The molecule has 0 spiro atoms. The average Bonchev–Trinajstić information content (AvgIpc) is 2.38. The molecule has 1 nitrogen and oxygen atoms in total. The number of ketones is 1. The molecule has 0 radical (unpaired) electrons. The first-order valence-electron chi connectivity index (χ1n) is 8.63. The van der Waals surface area contributed by atoms with E-state index >= 15 is 0 Å². The molecule has 2 aliphatic carbocycles. The Morgan fingerprint density at radius 3 is 2.00 bits per heavy atom. The molecule has 2 unspecified atom stereocenters. The second-order valence-corrected chi connectivity index (χ2v) is 7.52. The minimum atomic E-state index is 0.395. The second kappa shape index (κ2) is 6.90. The zero-order chi connectivity index (χ0) is 13.8. The predicted octanol–water partition coefficient (Wildman–Crippen LogP) is 5.23. The van der Waals surface area contributed by atoms with Crippen molar-refractivity contribution in [2.24, 2.45) is 29.6 Å². The van der Waals surface area contributed by atoms with Gasteiger partial charge >= 0.3 is 0 Å². The van der Waals surface area contributed by atoms with Crippen LogP contribution in [0.1, 0.15) is 78.6 Å². The third-order valence-corrected chi connectivity index (χ3v) is 5.53. The summed E-state index contributed by atoms with van der Waals surface area (Å²) < 4.78 is 0. The van der Waals surface area contributed by atoms with Crippen LogP contribution in [0, 0.1) is 29.6 Å². The Morgan fingerprint density at radius 1 is 0.895 bits per heavy atom. The number of rotatable bonds is 4. The van der Waals surface area contributed by atoms with Gasteiger partial charge in [0, 0.05) is 11.8 Å². The molecule has 0 heterocycles. The Hall–Kier alpha value is -0.330. The van der Waals surface area contributed by atoms with Gasteiger partial charge in [-0.1, -0.05) is 33.6 Å². The van der Waals surface area contributed by atoms with E-state index in [1.54, 1.807) is 0 Å². The van der Waals surface area contributed by atoms with E-state index in [4.69, 9.17) is 0 Å². The van der Waals surface area contributed by atoms with Gasteiger partial charge in [-0.2, -0.15) is 0 Å². The largest absolute Gasteiger partial charge is 0.299 e. The molecule has 19 heavy (non-hydrogen) atoms. The van der Waals surface area contributed by atoms with Crippen LogP contribution in [-0.4, -0.2) is 5.78 Å². The van der Waals surface area contributed by atoms with Crippen LogP contribution in [0.2, 0.25) is 0 Å². The Morgan fingerprint density at radius 2 is 1.47 bits per heavy atom. The van der Waals surface area contributed by atoms with Crippen molar-refractivity contribution in [1.29, 1.82) is 0 Å². The summed E-state index contributed by atoms with van der Waals surface area (Å²) in [5.41, 5.74) is 0. The van der Waals surface area contributed by atoms with Gasteiger partial charge in [0.15, 0.2) is 0 Å². The van der Waals surface area contributed by atoms with Gasteiger partial charge in [0.05, 0.1) is 0 Å². The van der Waals surface area contributed by atoms with Crippen LogP contribution in [0.5, 0.6) is 0 Å². The van der Waals surface area contributed by atoms with Crippen molar-refractivity contribution in [2.45, 2.75) is 78.6 Å². The lowest BCUT2D eigenvalue weighted by atomic mass is 9.69. The normalized spacial score (nSPS) is 40.1. The quantitative estimate of drug-likeness (QED) is 0.679. The number of carbonyl (C=O) groups is 1. The van der Waals surface area contributed by atoms with E-state index in [9.17, 15) is 4.79 Å². The Balaban J connectivity index is 1.83. The van der Waals surface area contributed by atoms with Crippen LogP contribution in [0.25, 0.3) is 0 Å². The second-order valence-electron chi connectivity index (χ2n) is 7.52.